The predicted octanol–water partition coefficient (Wildman–Crippen LogP) is 5.07. The number of hydrogen-bond acceptors (Lipinski definition) is 7. The number of anilines is 1. The minimum Gasteiger partial charge on any atom is -0.497 e. The van der Waals surface area contributed by atoms with Crippen LogP contribution in [0.25, 0.3) is 0 Å². The molecule has 0 aliphatic rings. The molecule has 2 N–H and O–H groups in total. The number of benzene rings is 4. The molecule has 37 heavy (non-hydrogen) atoms. The van der Waals surface area contributed by atoms with Crippen LogP contribution >= 0.6 is 0 Å². The molecule has 4 aromatic rings. The van der Waals surface area contributed by atoms with Crippen LogP contribution in [-0.2, 0) is 27.6 Å². The molecule has 0 unspecified atom stereocenters. The lowest BCUT2D eigenvalue weighted by molar-refractivity contribution is 0.0471. The fraction of sp³-hybridized carbons (Fsp3) is 0.138. The number of carbonyl (C=O) groups excluding carboxylic acids is 1. The molecular formula is C29H27NO6S. The summed E-state index contributed by atoms with van der Waals surface area (Å²) in [6, 6.07) is 25.9. The zero-order valence-electron chi connectivity index (χ0n) is 20.5. The maximum Gasteiger partial charge on any atom is 0.338 e. The number of carbonyl (C=O) groups is 1. The van der Waals surface area contributed by atoms with E-state index in [1.165, 1.54) is 32.4 Å². The first-order chi connectivity index (χ1) is 17.8. The lowest BCUT2D eigenvalue weighted by Crippen LogP contribution is -2.15. The fourth-order valence-corrected chi connectivity index (χ4v) is 5.39. The number of nitrogen functional groups attached to an aromatic ring is 1. The number of methoxy groups -OCH3 is 2. The first kappa shape index (κ1) is 25.8. The van der Waals surface area contributed by atoms with Crippen LogP contribution in [0.2, 0.25) is 0 Å². The average molecular weight is 518 g/mol. The molecule has 0 amide bonds. The van der Waals surface area contributed by atoms with Crippen molar-refractivity contribution in [2.45, 2.75) is 22.8 Å². The second-order valence-electron chi connectivity index (χ2n) is 8.25. The number of hydrogen-bond donors (Lipinski definition) is 1. The van der Waals surface area contributed by atoms with E-state index in [1.54, 1.807) is 12.1 Å². The van der Waals surface area contributed by atoms with Gasteiger partial charge in [0.2, 0.25) is 9.84 Å². The Morgan fingerprint density at radius 1 is 0.811 bits per heavy atom. The number of rotatable bonds is 9. The van der Waals surface area contributed by atoms with Crippen LogP contribution in [0.1, 0.15) is 27.0 Å². The minimum atomic E-state index is -4.11. The van der Waals surface area contributed by atoms with Gasteiger partial charge in [0.05, 0.1) is 35.3 Å². The van der Waals surface area contributed by atoms with Gasteiger partial charge in [0.1, 0.15) is 18.1 Å². The van der Waals surface area contributed by atoms with E-state index >= 15 is 0 Å². The molecule has 7 nitrogen and oxygen atoms in total. The molecule has 8 heteroatoms. The summed E-state index contributed by atoms with van der Waals surface area (Å²) in [5, 5.41) is 0. The lowest BCUT2D eigenvalue weighted by Gasteiger charge is -2.19. The van der Waals surface area contributed by atoms with Crippen LogP contribution in [0.5, 0.6) is 11.5 Å². The van der Waals surface area contributed by atoms with Gasteiger partial charge in [0.15, 0.2) is 0 Å². The van der Waals surface area contributed by atoms with Crippen molar-refractivity contribution in [3.8, 4) is 11.5 Å². The summed E-state index contributed by atoms with van der Waals surface area (Å²) in [5.41, 5.74) is 8.50. The van der Waals surface area contributed by atoms with Gasteiger partial charge in [-0.05, 0) is 41.5 Å². The van der Waals surface area contributed by atoms with E-state index in [9.17, 15) is 13.2 Å². The van der Waals surface area contributed by atoms with E-state index in [-0.39, 0.29) is 39.8 Å². The molecule has 0 aliphatic carbocycles. The molecule has 4 aromatic carbocycles. The van der Waals surface area contributed by atoms with E-state index in [1.807, 2.05) is 60.7 Å². The summed E-state index contributed by atoms with van der Waals surface area (Å²) in [4.78, 5) is 13.1. The molecule has 0 aromatic heterocycles. The minimum absolute atomic E-state index is 0.00136. The first-order valence-corrected chi connectivity index (χ1v) is 13.0. The van der Waals surface area contributed by atoms with E-state index in [2.05, 4.69) is 0 Å². The monoisotopic (exact) mass is 517 g/mol. The van der Waals surface area contributed by atoms with E-state index < -0.39 is 15.8 Å². The van der Waals surface area contributed by atoms with Crippen molar-refractivity contribution in [2.75, 3.05) is 20.0 Å². The summed E-state index contributed by atoms with van der Waals surface area (Å²) in [7, 11) is -1.23. The second-order valence-corrected chi connectivity index (χ2v) is 10.2. The highest BCUT2D eigenvalue weighted by Gasteiger charge is 2.29. The van der Waals surface area contributed by atoms with E-state index in [0.29, 0.717) is 11.3 Å². The van der Waals surface area contributed by atoms with Crippen molar-refractivity contribution in [3.63, 3.8) is 0 Å². The highest BCUT2D eigenvalue weighted by Crippen LogP contribution is 2.39. The Kier molecular flexibility index (Phi) is 7.79. The van der Waals surface area contributed by atoms with Crippen molar-refractivity contribution >= 4 is 21.5 Å². The van der Waals surface area contributed by atoms with E-state index in [4.69, 9.17) is 19.9 Å². The Morgan fingerprint density at radius 2 is 1.41 bits per heavy atom. The molecule has 0 aliphatic heterocycles. The standard InChI is InChI=1S/C29H27NO6S/c1-34-22-13-15-23(16-14-22)37(32,33)26-18-25(29(31)36-19-21-11-7-4-8-12-21)24(28(35-2)27(26)30)17-20-9-5-3-6-10-20/h3-16,18H,17,19,30H2,1-2H3. The highest BCUT2D eigenvalue weighted by atomic mass is 32.2. The van der Waals surface area contributed by atoms with Crippen LogP contribution in [0.3, 0.4) is 0 Å². The molecule has 0 atom stereocenters. The molecule has 0 heterocycles. The molecule has 0 bridgehead atoms. The Balaban J connectivity index is 1.84. The summed E-state index contributed by atoms with van der Waals surface area (Å²) < 4.78 is 43.6. The topological polar surface area (TPSA) is 105 Å². The SMILES string of the molecule is COc1ccc(S(=O)(=O)c2cc(C(=O)OCc3ccccc3)c(Cc3ccccc3)c(OC)c2N)cc1. The van der Waals surface area contributed by atoms with Crippen LogP contribution < -0.4 is 15.2 Å². The Bertz CT molecular complexity index is 1490. The molecule has 0 spiro atoms. The van der Waals surface area contributed by atoms with Gasteiger partial charge >= 0.3 is 5.97 Å². The Morgan fingerprint density at radius 3 is 1.97 bits per heavy atom. The summed E-state index contributed by atoms with van der Waals surface area (Å²) in [6.07, 6.45) is 0.285. The zero-order valence-corrected chi connectivity index (χ0v) is 21.3. The number of sulfone groups is 1. The Hall–Kier alpha value is -4.30. The van der Waals surface area contributed by atoms with E-state index in [0.717, 1.165) is 11.1 Å². The smallest absolute Gasteiger partial charge is 0.338 e. The first-order valence-electron chi connectivity index (χ1n) is 11.5. The maximum absolute atomic E-state index is 13.6. The van der Waals surface area contributed by atoms with Crippen molar-refractivity contribution in [3.05, 3.63) is 113 Å². The van der Waals surface area contributed by atoms with Gasteiger partial charge in [-0.15, -0.1) is 0 Å². The van der Waals surface area contributed by atoms with Gasteiger partial charge in [-0.3, -0.25) is 0 Å². The third kappa shape index (κ3) is 5.59. The average Bonchev–Trinajstić information content (AvgIpc) is 2.93. The van der Waals surface area contributed by atoms with Crippen molar-refractivity contribution in [2.24, 2.45) is 0 Å². The maximum atomic E-state index is 13.6. The van der Waals surface area contributed by atoms with Gasteiger partial charge in [0.25, 0.3) is 0 Å². The fourth-order valence-electron chi connectivity index (χ4n) is 3.99. The van der Waals surface area contributed by atoms with Crippen molar-refractivity contribution < 1.29 is 27.4 Å². The summed E-state index contributed by atoms with van der Waals surface area (Å²) in [5.74, 6) is -0.0581. The Labute approximate surface area is 216 Å². The highest BCUT2D eigenvalue weighted by molar-refractivity contribution is 7.91. The zero-order chi connectivity index (χ0) is 26.4. The van der Waals surface area contributed by atoms with Gasteiger partial charge in [-0.2, -0.15) is 0 Å². The van der Waals surface area contributed by atoms with Gasteiger partial charge in [0, 0.05) is 12.0 Å². The van der Waals surface area contributed by atoms with Crippen molar-refractivity contribution in [1.82, 2.24) is 0 Å². The number of ether oxygens (including phenoxy) is 3. The predicted molar refractivity (Wildman–Crippen MR) is 141 cm³/mol. The van der Waals surface area contributed by atoms with Crippen LogP contribution in [0.15, 0.2) is 101 Å². The van der Waals surface area contributed by atoms with Gasteiger partial charge < -0.3 is 19.9 Å². The lowest BCUT2D eigenvalue weighted by atomic mass is 9.97. The van der Waals surface area contributed by atoms with Crippen molar-refractivity contribution in [1.29, 1.82) is 0 Å². The van der Waals surface area contributed by atoms with Gasteiger partial charge in [-0.1, -0.05) is 60.7 Å². The molecular weight excluding hydrogens is 490 g/mol. The summed E-state index contributed by atoms with van der Waals surface area (Å²) >= 11 is 0. The molecule has 0 saturated carbocycles. The van der Waals surface area contributed by atoms with Gasteiger partial charge in [-0.25, -0.2) is 13.2 Å². The van der Waals surface area contributed by atoms with Crippen LogP contribution in [0, 0.1) is 0 Å². The molecule has 0 radical (unpaired) electrons. The van der Waals surface area contributed by atoms with Crippen LogP contribution in [0.4, 0.5) is 5.69 Å². The molecule has 0 saturated heterocycles. The molecule has 0 fully saturated rings. The number of esters is 1. The number of nitrogens with two attached hydrogens (primary N) is 1. The second kappa shape index (κ2) is 11.2. The normalized spacial score (nSPS) is 11.1. The van der Waals surface area contributed by atoms with Crippen LogP contribution in [-0.4, -0.2) is 28.6 Å². The summed E-state index contributed by atoms with van der Waals surface area (Å²) in [6.45, 7) is 0.0255. The third-order valence-corrected chi connectivity index (χ3v) is 7.71. The third-order valence-electron chi connectivity index (χ3n) is 5.90. The molecule has 4 rings (SSSR count). The quantitative estimate of drug-likeness (QED) is 0.244. The molecule has 190 valence electrons. The largest absolute Gasteiger partial charge is 0.497 e.